The van der Waals surface area contributed by atoms with Gasteiger partial charge in [-0.2, -0.15) is 4.31 Å². The lowest BCUT2D eigenvalue weighted by molar-refractivity contribution is -0.144. The Bertz CT molecular complexity index is 813. The van der Waals surface area contributed by atoms with Crippen LogP contribution in [0.25, 0.3) is 0 Å². The molecule has 1 aliphatic heterocycles. The molecule has 1 unspecified atom stereocenters. The Morgan fingerprint density at radius 1 is 1.15 bits per heavy atom. The van der Waals surface area contributed by atoms with Gasteiger partial charge in [0.05, 0.1) is 4.90 Å². The number of amides is 1. The van der Waals surface area contributed by atoms with E-state index in [0.717, 1.165) is 25.7 Å². The maximum atomic E-state index is 12.8. The van der Waals surface area contributed by atoms with E-state index in [0.29, 0.717) is 31.8 Å². The van der Waals surface area contributed by atoms with Gasteiger partial charge in [-0.3, -0.25) is 4.79 Å². The normalized spacial score (nSPS) is 23.1. The standard InChI is InChI=1S/C19H26N2O5S/c1-14-5-4-12-21(13-14)27(25,26)16-8-6-15(7-9-16)17(22)20-19(18(23)24)10-2-3-11-19/h6-9,14H,2-5,10-13H2,1H3,(H,20,22)(H,23,24). The number of carboxylic acids is 1. The van der Waals surface area contributed by atoms with Gasteiger partial charge < -0.3 is 10.4 Å². The maximum absolute atomic E-state index is 12.8. The Morgan fingerprint density at radius 3 is 2.33 bits per heavy atom. The van der Waals surface area contributed by atoms with Crippen molar-refractivity contribution in [1.29, 1.82) is 0 Å². The zero-order valence-corrected chi connectivity index (χ0v) is 16.3. The van der Waals surface area contributed by atoms with Crippen molar-refractivity contribution in [2.24, 2.45) is 5.92 Å². The zero-order chi connectivity index (χ0) is 19.7. The third-order valence-corrected chi connectivity index (χ3v) is 7.47. The summed E-state index contributed by atoms with van der Waals surface area (Å²) in [5.74, 6) is -1.18. The number of nitrogens with zero attached hydrogens (tertiary/aromatic N) is 1. The summed E-state index contributed by atoms with van der Waals surface area (Å²) < 4.78 is 27.1. The number of carboxylic acid groups (broad SMARTS) is 1. The molecular formula is C19H26N2O5S. The molecule has 2 aliphatic rings. The summed E-state index contributed by atoms with van der Waals surface area (Å²) in [5, 5.41) is 12.1. The van der Waals surface area contributed by atoms with Crippen LogP contribution in [0.4, 0.5) is 0 Å². The molecular weight excluding hydrogens is 368 g/mol. The van der Waals surface area contributed by atoms with Gasteiger partial charge in [-0.1, -0.05) is 19.8 Å². The summed E-state index contributed by atoms with van der Waals surface area (Å²) >= 11 is 0. The van der Waals surface area contributed by atoms with E-state index < -0.39 is 27.4 Å². The molecule has 0 aromatic heterocycles. The lowest BCUT2D eigenvalue weighted by Gasteiger charge is -2.30. The molecule has 2 N–H and O–H groups in total. The van der Waals surface area contributed by atoms with Crippen LogP contribution in [0.3, 0.4) is 0 Å². The van der Waals surface area contributed by atoms with Crippen molar-refractivity contribution in [2.75, 3.05) is 13.1 Å². The van der Waals surface area contributed by atoms with Crippen molar-refractivity contribution >= 4 is 21.9 Å². The molecule has 8 heteroatoms. The van der Waals surface area contributed by atoms with Crippen LogP contribution in [0.1, 0.15) is 55.8 Å². The van der Waals surface area contributed by atoms with E-state index in [2.05, 4.69) is 5.32 Å². The predicted octanol–water partition coefficient (Wildman–Crippen LogP) is 2.23. The molecule has 1 saturated carbocycles. The first-order chi connectivity index (χ1) is 12.7. The second kappa shape index (κ2) is 7.59. The van der Waals surface area contributed by atoms with E-state index in [-0.39, 0.29) is 10.5 Å². The fourth-order valence-corrected chi connectivity index (χ4v) is 5.55. The molecule has 7 nitrogen and oxygen atoms in total. The highest BCUT2D eigenvalue weighted by Gasteiger charge is 2.42. The van der Waals surface area contributed by atoms with E-state index in [9.17, 15) is 23.1 Å². The second-order valence-electron chi connectivity index (χ2n) is 7.68. The summed E-state index contributed by atoms with van der Waals surface area (Å²) in [5.41, 5.74) is -0.959. The monoisotopic (exact) mass is 394 g/mol. The van der Waals surface area contributed by atoms with Gasteiger partial charge >= 0.3 is 5.97 Å². The average Bonchev–Trinajstić information content (AvgIpc) is 3.12. The summed E-state index contributed by atoms with van der Waals surface area (Å²) in [6.45, 7) is 3.05. The molecule has 1 amide bonds. The number of aliphatic carboxylic acids is 1. The number of carbonyl (C=O) groups excluding carboxylic acids is 1. The maximum Gasteiger partial charge on any atom is 0.329 e. The molecule has 0 bridgehead atoms. The molecule has 3 rings (SSSR count). The zero-order valence-electron chi connectivity index (χ0n) is 15.5. The van der Waals surface area contributed by atoms with Crippen molar-refractivity contribution in [3.63, 3.8) is 0 Å². The quantitative estimate of drug-likeness (QED) is 0.797. The fourth-order valence-electron chi connectivity index (χ4n) is 3.95. The van der Waals surface area contributed by atoms with Gasteiger partial charge in [0.15, 0.2) is 0 Å². The van der Waals surface area contributed by atoms with Gasteiger partial charge in [-0.15, -0.1) is 0 Å². The number of carbonyl (C=O) groups is 2. The smallest absolute Gasteiger partial charge is 0.329 e. The van der Waals surface area contributed by atoms with Gasteiger partial charge in [0, 0.05) is 18.7 Å². The lowest BCUT2D eigenvalue weighted by Crippen LogP contribution is -2.52. The first kappa shape index (κ1) is 19.8. The van der Waals surface area contributed by atoms with Crippen LogP contribution < -0.4 is 5.32 Å². The van der Waals surface area contributed by atoms with Crippen molar-refractivity contribution in [2.45, 2.75) is 55.9 Å². The SMILES string of the molecule is CC1CCCN(S(=O)(=O)c2ccc(C(=O)NC3(C(=O)O)CCCC3)cc2)C1. The molecule has 1 aromatic carbocycles. The molecule has 1 heterocycles. The molecule has 1 aromatic rings. The van der Waals surface area contributed by atoms with Crippen LogP contribution in [-0.2, 0) is 14.8 Å². The molecule has 2 fully saturated rings. The molecule has 27 heavy (non-hydrogen) atoms. The van der Waals surface area contributed by atoms with E-state index in [1.54, 1.807) is 0 Å². The third kappa shape index (κ3) is 4.01. The van der Waals surface area contributed by atoms with Crippen LogP contribution in [0.15, 0.2) is 29.2 Å². The molecule has 0 radical (unpaired) electrons. The summed E-state index contributed by atoms with van der Waals surface area (Å²) in [6, 6.07) is 5.73. The minimum Gasteiger partial charge on any atom is -0.480 e. The van der Waals surface area contributed by atoms with Crippen LogP contribution in [0.2, 0.25) is 0 Å². The topological polar surface area (TPSA) is 104 Å². The summed E-state index contributed by atoms with van der Waals surface area (Å²) in [7, 11) is -3.58. The van der Waals surface area contributed by atoms with E-state index >= 15 is 0 Å². The average molecular weight is 394 g/mol. The number of hydrogen-bond donors (Lipinski definition) is 2. The minimum absolute atomic E-state index is 0.155. The van der Waals surface area contributed by atoms with Gasteiger partial charge in [0.25, 0.3) is 5.91 Å². The molecule has 1 atom stereocenters. The van der Waals surface area contributed by atoms with Gasteiger partial charge in [0.1, 0.15) is 5.54 Å². The van der Waals surface area contributed by atoms with E-state index in [1.807, 2.05) is 6.92 Å². The van der Waals surface area contributed by atoms with Crippen molar-refractivity contribution < 1.29 is 23.1 Å². The van der Waals surface area contributed by atoms with Crippen LogP contribution in [0.5, 0.6) is 0 Å². The Hall–Kier alpha value is -1.93. The van der Waals surface area contributed by atoms with Crippen LogP contribution in [-0.4, -0.2) is 48.3 Å². The second-order valence-corrected chi connectivity index (χ2v) is 9.62. The van der Waals surface area contributed by atoms with Crippen molar-refractivity contribution in [3.05, 3.63) is 29.8 Å². The highest BCUT2D eigenvalue weighted by Crippen LogP contribution is 2.30. The molecule has 1 aliphatic carbocycles. The molecule has 1 saturated heterocycles. The van der Waals surface area contributed by atoms with Gasteiger partial charge in [-0.05, 0) is 55.9 Å². The minimum atomic E-state index is -3.58. The van der Waals surface area contributed by atoms with Crippen LogP contribution >= 0.6 is 0 Å². The van der Waals surface area contributed by atoms with E-state index in [1.165, 1.54) is 28.6 Å². The van der Waals surface area contributed by atoms with Gasteiger partial charge in [0.2, 0.25) is 10.0 Å². The Labute approximate surface area is 159 Å². The number of piperidine rings is 1. The Morgan fingerprint density at radius 2 is 1.78 bits per heavy atom. The summed E-state index contributed by atoms with van der Waals surface area (Å²) in [4.78, 5) is 24.2. The lowest BCUT2D eigenvalue weighted by atomic mass is 9.97. The third-order valence-electron chi connectivity index (χ3n) is 5.59. The largest absolute Gasteiger partial charge is 0.480 e. The first-order valence-corrected chi connectivity index (χ1v) is 10.8. The van der Waals surface area contributed by atoms with E-state index in [4.69, 9.17) is 0 Å². The Kier molecular flexibility index (Phi) is 5.58. The van der Waals surface area contributed by atoms with Gasteiger partial charge in [-0.25, -0.2) is 13.2 Å². The Balaban J connectivity index is 1.75. The first-order valence-electron chi connectivity index (χ1n) is 9.41. The van der Waals surface area contributed by atoms with Crippen molar-refractivity contribution in [3.8, 4) is 0 Å². The highest BCUT2D eigenvalue weighted by molar-refractivity contribution is 7.89. The summed E-state index contributed by atoms with van der Waals surface area (Å²) in [6.07, 6.45) is 4.21. The molecule has 148 valence electrons. The fraction of sp³-hybridized carbons (Fsp3) is 0.579. The predicted molar refractivity (Wildman–Crippen MR) is 99.9 cm³/mol. The highest BCUT2D eigenvalue weighted by atomic mass is 32.2. The number of benzene rings is 1. The van der Waals surface area contributed by atoms with Crippen LogP contribution in [0, 0.1) is 5.92 Å². The number of nitrogens with one attached hydrogen (secondary N) is 1. The number of rotatable bonds is 5. The number of hydrogen-bond acceptors (Lipinski definition) is 4. The number of sulfonamides is 1. The molecule has 0 spiro atoms. The van der Waals surface area contributed by atoms with Crippen molar-refractivity contribution in [1.82, 2.24) is 9.62 Å².